The molecule has 2 aromatic carbocycles. The van der Waals surface area contributed by atoms with E-state index in [2.05, 4.69) is 10.3 Å². The highest BCUT2D eigenvalue weighted by Gasteiger charge is 2.07. The molecule has 5 heteroatoms. The highest BCUT2D eigenvalue weighted by atomic mass is 35.5. The maximum absolute atomic E-state index is 13.3. The highest BCUT2D eigenvalue weighted by molar-refractivity contribution is 6.35. The number of aromatic nitrogens is 1. The van der Waals surface area contributed by atoms with Gasteiger partial charge < -0.3 is 5.32 Å². The van der Waals surface area contributed by atoms with Crippen molar-refractivity contribution >= 4 is 39.8 Å². The zero-order valence-electron chi connectivity index (χ0n) is 10.9. The van der Waals surface area contributed by atoms with Crippen LogP contribution in [0, 0.1) is 5.82 Å². The fourth-order valence-corrected chi connectivity index (χ4v) is 2.55. The van der Waals surface area contributed by atoms with Crippen molar-refractivity contribution in [2.24, 2.45) is 0 Å². The maximum Gasteiger partial charge on any atom is 0.123 e. The molecule has 0 spiro atoms. The molecule has 3 rings (SSSR count). The van der Waals surface area contributed by atoms with Gasteiger partial charge >= 0.3 is 0 Å². The first-order chi connectivity index (χ1) is 10.1. The van der Waals surface area contributed by atoms with Gasteiger partial charge in [0.15, 0.2) is 0 Å². The van der Waals surface area contributed by atoms with E-state index in [0.29, 0.717) is 22.2 Å². The summed E-state index contributed by atoms with van der Waals surface area (Å²) in [6.07, 6.45) is 1.71. The molecule has 21 heavy (non-hydrogen) atoms. The Morgan fingerprint density at radius 2 is 1.86 bits per heavy atom. The van der Waals surface area contributed by atoms with Crippen LogP contribution in [-0.4, -0.2) is 4.98 Å². The molecule has 0 bridgehead atoms. The van der Waals surface area contributed by atoms with Gasteiger partial charge in [0.1, 0.15) is 5.82 Å². The maximum atomic E-state index is 13.3. The molecule has 0 aliphatic heterocycles. The second-order valence-electron chi connectivity index (χ2n) is 4.58. The standard InChI is InChI=1S/C16H11Cl2FN2/c17-13-4-3-11(19)8-10(13)9-21-15-6-5-14(18)12-2-1-7-20-16(12)15/h1-8,21H,9H2. The molecule has 0 saturated heterocycles. The van der Waals surface area contributed by atoms with Gasteiger partial charge in [0, 0.05) is 23.2 Å². The van der Waals surface area contributed by atoms with Crippen LogP contribution < -0.4 is 5.32 Å². The van der Waals surface area contributed by atoms with Crippen molar-refractivity contribution < 1.29 is 4.39 Å². The first-order valence-corrected chi connectivity index (χ1v) is 7.12. The molecule has 0 atom stereocenters. The number of halogens is 3. The fourth-order valence-electron chi connectivity index (χ4n) is 2.15. The molecule has 106 valence electrons. The lowest BCUT2D eigenvalue weighted by Crippen LogP contribution is -2.02. The number of hydrogen-bond acceptors (Lipinski definition) is 2. The van der Waals surface area contributed by atoms with Gasteiger partial charge in [-0.25, -0.2) is 4.39 Å². The van der Waals surface area contributed by atoms with Gasteiger partial charge in [0.05, 0.1) is 16.2 Å². The Morgan fingerprint density at radius 3 is 2.71 bits per heavy atom. The molecule has 0 radical (unpaired) electrons. The molecule has 0 amide bonds. The number of anilines is 1. The summed E-state index contributed by atoms with van der Waals surface area (Å²) >= 11 is 12.2. The second kappa shape index (κ2) is 5.88. The predicted octanol–water partition coefficient (Wildman–Crippen LogP) is 5.29. The Kier molecular flexibility index (Phi) is 3.95. The molecular formula is C16H11Cl2FN2. The second-order valence-corrected chi connectivity index (χ2v) is 5.40. The average Bonchev–Trinajstić information content (AvgIpc) is 2.50. The Labute approximate surface area is 131 Å². The normalized spacial score (nSPS) is 10.8. The SMILES string of the molecule is Fc1ccc(Cl)c(CNc2ccc(Cl)c3cccnc23)c1. The van der Waals surface area contributed by atoms with Crippen molar-refractivity contribution in [2.75, 3.05) is 5.32 Å². The van der Waals surface area contributed by atoms with E-state index in [1.165, 1.54) is 12.1 Å². The van der Waals surface area contributed by atoms with Crippen molar-refractivity contribution in [3.05, 3.63) is 70.1 Å². The summed E-state index contributed by atoms with van der Waals surface area (Å²) in [5.41, 5.74) is 2.29. The molecule has 1 aromatic heterocycles. The molecule has 2 nitrogen and oxygen atoms in total. The smallest absolute Gasteiger partial charge is 0.123 e. The summed E-state index contributed by atoms with van der Waals surface area (Å²) in [6.45, 7) is 0.407. The lowest BCUT2D eigenvalue weighted by molar-refractivity contribution is 0.626. The van der Waals surface area contributed by atoms with Gasteiger partial charge in [-0.3, -0.25) is 4.98 Å². The highest BCUT2D eigenvalue weighted by Crippen LogP contribution is 2.28. The number of pyridine rings is 1. The van der Waals surface area contributed by atoms with E-state index in [9.17, 15) is 4.39 Å². The van der Waals surface area contributed by atoms with Crippen molar-refractivity contribution in [1.29, 1.82) is 0 Å². The molecule has 0 aliphatic carbocycles. The molecule has 1 N–H and O–H groups in total. The van der Waals surface area contributed by atoms with Crippen LogP contribution >= 0.6 is 23.2 Å². The summed E-state index contributed by atoms with van der Waals surface area (Å²) in [5.74, 6) is -0.310. The molecule has 0 aliphatic rings. The van der Waals surface area contributed by atoms with Crippen molar-refractivity contribution in [3.63, 3.8) is 0 Å². The van der Waals surface area contributed by atoms with Crippen molar-refractivity contribution in [3.8, 4) is 0 Å². The number of fused-ring (bicyclic) bond motifs is 1. The Bertz CT molecular complexity index is 805. The minimum Gasteiger partial charge on any atom is -0.379 e. The van der Waals surface area contributed by atoms with E-state index < -0.39 is 0 Å². The van der Waals surface area contributed by atoms with Crippen molar-refractivity contribution in [2.45, 2.75) is 6.54 Å². The third-order valence-corrected chi connectivity index (χ3v) is 3.89. The van der Waals surface area contributed by atoms with E-state index in [1.54, 1.807) is 18.3 Å². The van der Waals surface area contributed by atoms with E-state index in [0.717, 1.165) is 16.6 Å². The summed E-state index contributed by atoms with van der Waals surface area (Å²) in [7, 11) is 0. The molecule has 0 fully saturated rings. The van der Waals surface area contributed by atoms with E-state index in [1.807, 2.05) is 18.2 Å². The number of nitrogens with zero attached hydrogens (tertiary/aromatic N) is 1. The number of benzene rings is 2. The molecule has 1 heterocycles. The third kappa shape index (κ3) is 2.94. The van der Waals surface area contributed by atoms with Gasteiger partial charge in [-0.2, -0.15) is 0 Å². The Hall–Kier alpha value is -1.84. The summed E-state index contributed by atoms with van der Waals surface area (Å²) in [4.78, 5) is 4.34. The number of hydrogen-bond donors (Lipinski definition) is 1. The minimum atomic E-state index is -0.310. The molecular weight excluding hydrogens is 310 g/mol. The van der Waals surface area contributed by atoms with Crippen LogP contribution in [0.4, 0.5) is 10.1 Å². The average molecular weight is 321 g/mol. The summed E-state index contributed by atoms with van der Waals surface area (Å²) in [5, 5.41) is 5.27. The molecule has 0 unspecified atom stereocenters. The van der Waals surface area contributed by atoms with Crippen LogP contribution in [0.3, 0.4) is 0 Å². The first kappa shape index (κ1) is 14.1. The van der Waals surface area contributed by atoms with Gasteiger partial charge in [-0.05, 0) is 48.0 Å². The summed E-state index contributed by atoms with van der Waals surface area (Å²) in [6, 6.07) is 11.7. The van der Waals surface area contributed by atoms with Crippen LogP contribution in [0.5, 0.6) is 0 Å². The number of rotatable bonds is 3. The van der Waals surface area contributed by atoms with Crippen LogP contribution in [0.2, 0.25) is 10.0 Å². The monoisotopic (exact) mass is 320 g/mol. The molecule has 3 aromatic rings. The van der Waals surface area contributed by atoms with E-state index in [-0.39, 0.29) is 5.82 Å². The minimum absolute atomic E-state index is 0.310. The summed E-state index contributed by atoms with van der Waals surface area (Å²) < 4.78 is 13.3. The Balaban J connectivity index is 1.92. The van der Waals surface area contributed by atoms with Gasteiger partial charge in [-0.1, -0.05) is 23.2 Å². The number of nitrogens with one attached hydrogen (secondary N) is 1. The quantitative estimate of drug-likeness (QED) is 0.709. The van der Waals surface area contributed by atoms with Gasteiger partial charge in [0.25, 0.3) is 0 Å². The van der Waals surface area contributed by atoms with Crippen LogP contribution in [0.25, 0.3) is 10.9 Å². The topological polar surface area (TPSA) is 24.9 Å². The first-order valence-electron chi connectivity index (χ1n) is 6.36. The zero-order valence-corrected chi connectivity index (χ0v) is 12.4. The van der Waals surface area contributed by atoms with Crippen LogP contribution in [0.15, 0.2) is 48.7 Å². The van der Waals surface area contributed by atoms with Crippen LogP contribution in [0.1, 0.15) is 5.56 Å². The van der Waals surface area contributed by atoms with Gasteiger partial charge in [-0.15, -0.1) is 0 Å². The lowest BCUT2D eigenvalue weighted by atomic mass is 10.1. The fraction of sp³-hybridized carbons (Fsp3) is 0.0625. The predicted molar refractivity (Wildman–Crippen MR) is 85.5 cm³/mol. The van der Waals surface area contributed by atoms with Crippen molar-refractivity contribution in [1.82, 2.24) is 4.98 Å². The third-order valence-electron chi connectivity index (χ3n) is 3.19. The van der Waals surface area contributed by atoms with E-state index in [4.69, 9.17) is 23.2 Å². The lowest BCUT2D eigenvalue weighted by Gasteiger charge is -2.11. The van der Waals surface area contributed by atoms with Crippen LogP contribution in [-0.2, 0) is 6.54 Å². The van der Waals surface area contributed by atoms with Gasteiger partial charge in [0.2, 0.25) is 0 Å². The largest absolute Gasteiger partial charge is 0.379 e. The Morgan fingerprint density at radius 1 is 1.05 bits per heavy atom. The van der Waals surface area contributed by atoms with E-state index >= 15 is 0 Å². The molecule has 0 saturated carbocycles. The zero-order chi connectivity index (χ0) is 14.8.